The lowest BCUT2D eigenvalue weighted by Crippen LogP contribution is -2.47. The molecular formula is C35H60N4O7S. The fourth-order valence-corrected chi connectivity index (χ4v) is 11.4. The molecule has 268 valence electrons. The molecule has 47 heavy (non-hydrogen) atoms. The van der Waals surface area contributed by atoms with Gasteiger partial charge in [0.25, 0.3) is 0 Å². The van der Waals surface area contributed by atoms with Crippen LogP contribution in [0.2, 0.25) is 0 Å². The summed E-state index contributed by atoms with van der Waals surface area (Å²) in [5.74, 6) is 1.43. The molecule has 11 nitrogen and oxygen atoms in total. The van der Waals surface area contributed by atoms with Crippen molar-refractivity contribution in [3.8, 4) is 0 Å². The van der Waals surface area contributed by atoms with Crippen LogP contribution in [0.4, 0.5) is 14.4 Å². The van der Waals surface area contributed by atoms with E-state index in [9.17, 15) is 22.8 Å². The van der Waals surface area contributed by atoms with Crippen LogP contribution in [-0.2, 0) is 19.3 Å². The fourth-order valence-electron chi connectivity index (χ4n) is 9.01. The molecule has 0 aliphatic heterocycles. The number of carbonyl (C=O) groups is 3. The number of sulfone groups is 1. The first-order chi connectivity index (χ1) is 22.7. The zero-order valence-electron chi connectivity index (χ0n) is 28.5. The molecule has 0 atom stereocenters. The predicted octanol–water partition coefficient (Wildman–Crippen LogP) is 6.25. The molecular weight excluding hydrogens is 620 g/mol. The molecule has 0 aromatic carbocycles. The van der Waals surface area contributed by atoms with Gasteiger partial charge < -0.3 is 30.7 Å². The molecule has 0 heterocycles. The average Bonchev–Trinajstić information content (AvgIpc) is 3.07. The molecule has 4 amide bonds. The molecule has 5 rings (SSSR count). The lowest BCUT2D eigenvalue weighted by Gasteiger charge is -2.35. The van der Waals surface area contributed by atoms with Crippen molar-refractivity contribution in [3.05, 3.63) is 0 Å². The summed E-state index contributed by atoms with van der Waals surface area (Å²) < 4.78 is 37.7. The highest BCUT2D eigenvalue weighted by Gasteiger charge is 2.40. The molecule has 5 saturated carbocycles. The van der Waals surface area contributed by atoms with E-state index in [0.717, 1.165) is 57.3 Å². The Morgan fingerprint density at radius 1 is 0.532 bits per heavy atom. The highest BCUT2D eigenvalue weighted by atomic mass is 32.2. The molecule has 0 spiro atoms. The van der Waals surface area contributed by atoms with Crippen LogP contribution in [0.1, 0.15) is 141 Å². The van der Waals surface area contributed by atoms with Crippen LogP contribution >= 0.6 is 0 Å². The number of rotatable bonds is 9. The van der Waals surface area contributed by atoms with Crippen molar-refractivity contribution in [1.82, 2.24) is 21.3 Å². The highest BCUT2D eigenvalue weighted by Crippen LogP contribution is 2.37. The van der Waals surface area contributed by atoms with Crippen LogP contribution in [0.15, 0.2) is 0 Å². The van der Waals surface area contributed by atoms with Gasteiger partial charge in [-0.1, -0.05) is 19.3 Å². The minimum atomic E-state index is -3.28. The van der Waals surface area contributed by atoms with Crippen molar-refractivity contribution < 1.29 is 32.3 Å². The second-order valence-corrected chi connectivity index (χ2v) is 17.7. The van der Waals surface area contributed by atoms with Crippen molar-refractivity contribution in [3.63, 3.8) is 0 Å². The second kappa shape index (κ2) is 17.4. The maximum atomic E-state index is 13.3. The van der Waals surface area contributed by atoms with Gasteiger partial charge in [0.05, 0.1) is 10.5 Å². The van der Waals surface area contributed by atoms with Gasteiger partial charge in [-0.15, -0.1) is 0 Å². The Morgan fingerprint density at radius 2 is 0.957 bits per heavy atom. The summed E-state index contributed by atoms with van der Waals surface area (Å²) in [6.45, 7) is 0. The monoisotopic (exact) mass is 680 g/mol. The summed E-state index contributed by atoms with van der Waals surface area (Å²) in [7, 11) is -1.76. The summed E-state index contributed by atoms with van der Waals surface area (Å²) in [6, 6.07) is 0.801. The van der Waals surface area contributed by atoms with Crippen LogP contribution in [-0.4, -0.2) is 74.5 Å². The number of hydrogen-bond acceptors (Lipinski definition) is 7. The number of hydrogen-bond donors (Lipinski definition) is 4. The Balaban J connectivity index is 0.917. The Kier molecular flexibility index (Phi) is 13.4. The van der Waals surface area contributed by atoms with E-state index in [1.807, 2.05) is 0 Å². The van der Waals surface area contributed by atoms with Gasteiger partial charge in [0.2, 0.25) is 0 Å². The molecule has 12 heteroatoms. The molecule has 5 aliphatic rings. The van der Waals surface area contributed by atoms with E-state index >= 15 is 0 Å². The minimum Gasteiger partial charge on any atom is -0.446 e. The van der Waals surface area contributed by atoms with Gasteiger partial charge in [0.15, 0.2) is 9.84 Å². The van der Waals surface area contributed by atoms with Gasteiger partial charge in [-0.2, -0.15) is 0 Å². The predicted molar refractivity (Wildman–Crippen MR) is 181 cm³/mol. The largest absolute Gasteiger partial charge is 0.446 e. The summed E-state index contributed by atoms with van der Waals surface area (Å²) in [6.07, 6.45) is 18.9. The normalized spacial score (nSPS) is 34.0. The minimum absolute atomic E-state index is 0.0199. The van der Waals surface area contributed by atoms with Crippen molar-refractivity contribution in [2.45, 2.75) is 182 Å². The van der Waals surface area contributed by atoms with Crippen LogP contribution < -0.4 is 21.3 Å². The van der Waals surface area contributed by atoms with E-state index in [0.29, 0.717) is 69.4 Å². The van der Waals surface area contributed by atoms with Crippen LogP contribution in [0.25, 0.3) is 0 Å². The summed E-state index contributed by atoms with van der Waals surface area (Å²) in [5.41, 5.74) is 0. The molecule has 5 aliphatic carbocycles. The zero-order valence-corrected chi connectivity index (χ0v) is 29.3. The first kappa shape index (κ1) is 36.1. The van der Waals surface area contributed by atoms with Gasteiger partial charge in [-0.25, -0.2) is 22.8 Å². The standard InChI is InChI=1S/C35H60N4O7S/c1-36-34(41)45-29-15-19-31(20-16-29)47(43,44)32-21-17-30(18-22-32)46-35(42)39-28-13-9-25(10-14-28)23-24-7-11-27(12-8-24)38-33(40)37-26-5-3-2-4-6-26/h24-32H,2-23H2,1H3,(H,36,41)(H,39,42)(H2,37,38,40). The first-order valence-electron chi connectivity index (χ1n) is 18.8. The summed E-state index contributed by atoms with van der Waals surface area (Å²) in [4.78, 5) is 36.6. The molecule has 0 aromatic rings. The Bertz CT molecular complexity index is 1110. The van der Waals surface area contributed by atoms with Gasteiger partial charge in [-0.05, 0) is 134 Å². The van der Waals surface area contributed by atoms with Gasteiger partial charge in [0, 0.05) is 25.2 Å². The molecule has 4 N–H and O–H groups in total. The third-order valence-electron chi connectivity index (χ3n) is 11.9. The quantitative estimate of drug-likeness (QED) is 0.225. The number of ether oxygens (including phenoxy) is 2. The number of alkyl carbamates (subject to hydrolysis) is 2. The van der Waals surface area contributed by atoms with Crippen LogP contribution in [0, 0.1) is 11.8 Å². The molecule has 0 saturated heterocycles. The summed E-state index contributed by atoms with van der Waals surface area (Å²) >= 11 is 0. The van der Waals surface area contributed by atoms with Crippen molar-refractivity contribution in [2.75, 3.05) is 7.05 Å². The number of carbonyl (C=O) groups excluding carboxylic acids is 3. The third kappa shape index (κ3) is 10.9. The third-order valence-corrected chi connectivity index (χ3v) is 14.7. The van der Waals surface area contributed by atoms with Gasteiger partial charge in [0.1, 0.15) is 12.2 Å². The highest BCUT2D eigenvalue weighted by molar-refractivity contribution is 7.92. The maximum Gasteiger partial charge on any atom is 0.407 e. The van der Waals surface area contributed by atoms with E-state index in [-0.39, 0.29) is 40.9 Å². The topological polar surface area (TPSA) is 152 Å². The van der Waals surface area contributed by atoms with Crippen molar-refractivity contribution >= 4 is 28.1 Å². The Labute approximate surface area is 282 Å². The Hall–Kier alpha value is -2.24. The molecule has 0 bridgehead atoms. The van der Waals surface area contributed by atoms with Crippen LogP contribution in [0.5, 0.6) is 0 Å². The number of urea groups is 1. The second-order valence-electron chi connectivity index (χ2n) is 15.2. The molecule has 5 fully saturated rings. The molecule has 0 radical (unpaired) electrons. The SMILES string of the molecule is CNC(=O)OC1CCC(S(=O)(=O)C2CCC(OC(=O)NC3CCC(CC4CCC(NC(=O)NC5CCCCC5)CC4)CC3)CC2)CC1. The van der Waals surface area contributed by atoms with Gasteiger partial charge in [-0.3, -0.25) is 0 Å². The zero-order chi connectivity index (χ0) is 33.2. The van der Waals surface area contributed by atoms with E-state index in [2.05, 4.69) is 21.3 Å². The lowest BCUT2D eigenvalue weighted by molar-refractivity contribution is 0.0707. The van der Waals surface area contributed by atoms with E-state index in [1.54, 1.807) is 0 Å². The van der Waals surface area contributed by atoms with Crippen molar-refractivity contribution in [1.29, 1.82) is 0 Å². The molecule has 0 unspecified atom stereocenters. The van der Waals surface area contributed by atoms with E-state index in [1.165, 1.54) is 45.6 Å². The summed E-state index contributed by atoms with van der Waals surface area (Å²) in [5, 5.41) is 11.2. The van der Waals surface area contributed by atoms with E-state index < -0.39 is 15.9 Å². The lowest BCUT2D eigenvalue weighted by atomic mass is 9.76. The average molecular weight is 681 g/mol. The van der Waals surface area contributed by atoms with E-state index in [4.69, 9.17) is 9.47 Å². The smallest absolute Gasteiger partial charge is 0.407 e. The first-order valence-corrected chi connectivity index (χ1v) is 20.4. The Morgan fingerprint density at radius 3 is 1.43 bits per heavy atom. The number of nitrogens with one attached hydrogen (secondary N) is 4. The number of amides is 4. The molecule has 0 aromatic heterocycles. The van der Waals surface area contributed by atoms with Crippen LogP contribution in [0.3, 0.4) is 0 Å². The maximum absolute atomic E-state index is 13.3. The van der Waals surface area contributed by atoms with Crippen molar-refractivity contribution in [2.24, 2.45) is 11.8 Å². The fraction of sp³-hybridized carbons (Fsp3) is 0.914. The van der Waals surface area contributed by atoms with Gasteiger partial charge >= 0.3 is 18.2 Å².